The van der Waals surface area contributed by atoms with Crippen molar-refractivity contribution < 1.29 is 19.2 Å². The molecule has 0 radical (unpaired) electrons. The molecule has 1 aromatic rings. The lowest BCUT2D eigenvalue weighted by atomic mass is 9.97. The van der Waals surface area contributed by atoms with Gasteiger partial charge in [-0.3, -0.25) is 15.0 Å². The van der Waals surface area contributed by atoms with Crippen LogP contribution in [0.1, 0.15) is 6.42 Å². The van der Waals surface area contributed by atoms with Gasteiger partial charge in [-0.25, -0.2) is 4.79 Å². The normalized spacial score (nSPS) is 21.9. The third-order valence-corrected chi connectivity index (χ3v) is 4.81. The van der Waals surface area contributed by atoms with Crippen molar-refractivity contribution in [3.63, 3.8) is 0 Å². The third-order valence-electron chi connectivity index (χ3n) is 4.81. The number of urea groups is 1. The van der Waals surface area contributed by atoms with E-state index in [1.807, 2.05) is 0 Å². The quantitative estimate of drug-likeness (QED) is 0.585. The standard InChI is InChI=1S/C17H24N4O5/c22-17(19-14-2-1-3-15(10-14)21(23)24)18-11-16(13-4-7-26-12-13)20-5-8-25-9-6-20/h1-3,10,13,16H,4-9,11-12H2,(H2,18,19,22). The predicted molar refractivity (Wildman–Crippen MR) is 95.2 cm³/mol. The highest BCUT2D eigenvalue weighted by Gasteiger charge is 2.31. The molecule has 2 aliphatic heterocycles. The number of anilines is 1. The second kappa shape index (κ2) is 8.93. The Hall–Kier alpha value is -2.23. The molecule has 0 aliphatic carbocycles. The summed E-state index contributed by atoms with van der Waals surface area (Å²) < 4.78 is 10.9. The van der Waals surface area contributed by atoms with Crippen LogP contribution in [-0.2, 0) is 9.47 Å². The van der Waals surface area contributed by atoms with Gasteiger partial charge in [0.1, 0.15) is 0 Å². The Morgan fingerprint density at radius 2 is 2.12 bits per heavy atom. The van der Waals surface area contributed by atoms with Gasteiger partial charge < -0.3 is 20.1 Å². The van der Waals surface area contributed by atoms with Crippen LogP contribution in [0, 0.1) is 16.0 Å². The maximum absolute atomic E-state index is 12.2. The molecule has 1 aromatic carbocycles. The third kappa shape index (κ3) is 4.90. The number of rotatable bonds is 6. The van der Waals surface area contributed by atoms with Gasteiger partial charge in [-0.05, 0) is 12.5 Å². The minimum absolute atomic E-state index is 0.0582. The second-order valence-electron chi connectivity index (χ2n) is 6.48. The Morgan fingerprint density at radius 3 is 2.81 bits per heavy atom. The molecule has 3 rings (SSSR count). The molecular formula is C17H24N4O5. The molecule has 0 spiro atoms. The topological polar surface area (TPSA) is 106 Å². The van der Waals surface area contributed by atoms with Crippen LogP contribution in [0.5, 0.6) is 0 Å². The molecule has 0 bridgehead atoms. The Bertz CT molecular complexity index is 629. The molecule has 2 saturated heterocycles. The highest BCUT2D eigenvalue weighted by molar-refractivity contribution is 5.89. The molecule has 2 fully saturated rings. The van der Waals surface area contributed by atoms with Crippen LogP contribution in [0.25, 0.3) is 0 Å². The maximum atomic E-state index is 12.2. The number of carbonyl (C=O) groups excluding carboxylic acids is 1. The van der Waals surface area contributed by atoms with Crippen molar-refractivity contribution in [3.8, 4) is 0 Å². The number of benzene rings is 1. The number of nitrogens with zero attached hydrogens (tertiary/aromatic N) is 2. The minimum atomic E-state index is -0.488. The molecule has 26 heavy (non-hydrogen) atoms. The van der Waals surface area contributed by atoms with Crippen LogP contribution in [0.3, 0.4) is 0 Å². The SMILES string of the molecule is O=C(NCC(C1CCOC1)N1CCOCC1)Nc1cccc([N+](=O)[O-])c1. The number of carbonyl (C=O) groups is 1. The summed E-state index contributed by atoms with van der Waals surface area (Å²) in [6.07, 6.45) is 0.982. The summed E-state index contributed by atoms with van der Waals surface area (Å²) in [4.78, 5) is 24.9. The summed E-state index contributed by atoms with van der Waals surface area (Å²) in [5.41, 5.74) is 0.334. The van der Waals surface area contributed by atoms with Crippen LogP contribution in [0.2, 0.25) is 0 Å². The van der Waals surface area contributed by atoms with Gasteiger partial charge in [-0.15, -0.1) is 0 Å². The monoisotopic (exact) mass is 364 g/mol. The first-order valence-electron chi connectivity index (χ1n) is 8.82. The zero-order valence-electron chi connectivity index (χ0n) is 14.6. The van der Waals surface area contributed by atoms with Crippen molar-refractivity contribution >= 4 is 17.4 Å². The van der Waals surface area contributed by atoms with Crippen LogP contribution in [0.15, 0.2) is 24.3 Å². The zero-order chi connectivity index (χ0) is 18.4. The lowest BCUT2D eigenvalue weighted by Crippen LogP contribution is -2.52. The molecular weight excluding hydrogens is 340 g/mol. The Kier molecular flexibility index (Phi) is 6.37. The van der Waals surface area contributed by atoms with E-state index in [-0.39, 0.29) is 17.8 Å². The first-order chi connectivity index (χ1) is 12.6. The molecule has 2 N–H and O–H groups in total. The van der Waals surface area contributed by atoms with Gasteiger partial charge in [0.05, 0.1) is 24.7 Å². The lowest BCUT2D eigenvalue weighted by molar-refractivity contribution is -0.384. The van der Waals surface area contributed by atoms with Crippen molar-refractivity contribution in [3.05, 3.63) is 34.4 Å². The second-order valence-corrected chi connectivity index (χ2v) is 6.48. The summed E-state index contributed by atoms with van der Waals surface area (Å²) in [6.45, 7) is 5.04. The predicted octanol–water partition coefficient (Wildman–Crippen LogP) is 1.45. The van der Waals surface area contributed by atoms with Crippen LogP contribution in [0.4, 0.5) is 16.2 Å². The van der Waals surface area contributed by atoms with E-state index in [9.17, 15) is 14.9 Å². The van der Waals surface area contributed by atoms with Crippen molar-refractivity contribution in [2.24, 2.45) is 5.92 Å². The number of ether oxygens (including phenoxy) is 2. The summed E-state index contributed by atoms with van der Waals surface area (Å²) in [5.74, 6) is 0.381. The number of hydrogen-bond acceptors (Lipinski definition) is 6. The van der Waals surface area contributed by atoms with Crippen LogP contribution < -0.4 is 10.6 Å². The maximum Gasteiger partial charge on any atom is 0.319 e. The molecule has 2 aliphatic rings. The van der Waals surface area contributed by atoms with E-state index in [0.717, 1.165) is 26.1 Å². The molecule has 2 atom stereocenters. The average Bonchev–Trinajstić information content (AvgIpc) is 3.17. The van der Waals surface area contributed by atoms with Gasteiger partial charge in [0.25, 0.3) is 5.69 Å². The molecule has 0 saturated carbocycles. The van der Waals surface area contributed by atoms with E-state index in [0.29, 0.717) is 38.0 Å². The summed E-state index contributed by atoms with van der Waals surface area (Å²) >= 11 is 0. The van der Waals surface area contributed by atoms with Gasteiger partial charge in [0.2, 0.25) is 0 Å². The van der Waals surface area contributed by atoms with E-state index >= 15 is 0 Å². The van der Waals surface area contributed by atoms with Gasteiger partial charge in [0.15, 0.2) is 0 Å². The fraction of sp³-hybridized carbons (Fsp3) is 0.588. The van der Waals surface area contributed by atoms with Gasteiger partial charge in [-0.2, -0.15) is 0 Å². The Balaban J connectivity index is 1.56. The van der Waals surface area contributed by atoms with E-state index in [1.54, 1.807) is 12.1 Å². The molecule has 2 amide bonds. The Labute approximate surface area is 151 Å². The average molecular weight is 364 g/mol. The number of morpholine rings is 1. The zero-order valence-corrected chi connectivity index (χ0v) is 14.6. The highest BCUT2D eigenvalue weighted by Crippen LogP contribution is 2.22. The molecule has 9 nitrogen and oxygen atoms in total. The summed E-state index contributed by atoms with van der Waals surface area (Å²) in [7, 11) is 0. The van der Waals surface area contributed by atoms with Gasteiger partial charge >= 0.3 is 6.03 Å². The van der Waals surface area contributed by atoms with Crippen molar-refractivity contribution in [1.82, 2.24) is 10.2 Å². The summed E-state index contributed by atoms with van der Waals surface area (Å²) in [5, 5.41) is 16.4. The molecule has 2 unspecified atom stereocenters. The van der Waals surface area contributed by atoms with Crippen LogP contribution in [-0.4, -0.2) is 68.0 Å². The van der Waals surface area contributed by atoms with E-state index < -0.39 is 4.92 Å². The number of hydrogen-bond donors (Lipinski definition) is 2. The minimum Gasteiger partial charge on any atom is -0.381 e. The number of non-ortho nitro benzene ring substituents is 1. The first-order valence-corrected chi connectivity index (χ1v) is 8.82. The van der Waals surface area contributed by atoms with E-state index in [4.69, 9.17) is 9.47 Å². The number of nitrogens with one attached hydrogen (secondary N) is 2. The Morgan fingerprint density at radius 1 is 1.31 bits per heavy atom. The smallest absolute Gasteiger partial charge is 0.319 e. The summed E-state index contributed by atoms with van der Waals surface area (Å²) in [6, 6.07) is 5.71. The largest absolute Gasteiger partial charge is 0.381 e. The molecule has 142 valence electrons. The first kappa shape index (κ1) is 18.6. The highest BCUT2D eigenvalue weighted by atomic mass is 16.6. The molecule has 0 aromatic heterocycles. The van der Waals surface area contributed by atoms with Crippen molar-refractivity contribution in [2.45, 2.75) is 12.5 Å². The van der Waals surface area contributed by atoms with Crippen molar-refractivity contribution in [1.29, 1.82) is 0 Å². The van der Waals surface area contributed by atoms with Gasteiger partial charge in [0, 0.05) is 56.0 Å². The number of nitro benzene ring substituents is 1. The molecule has 2 heterocycles. The lowest BCUT2D eigenvalue weighted by Gasteiger charge is -2.37. The number of nitro groups is 1. The van der Waals surface area contributed by atoms with Gasteiger partial charge in [-0.1, -0.05) is 6.07 Å². The fourth-order valence-electron chi connectivity index (χ4n) is 3.43. The van der Waals surface area contributed by atoms with E-state index in [1.165, 1.54) is 12.1 Å². The molecule has 9 heteroatoms. The van der Waals surface area contributed by atoms with E-state index in [2.05, 4.69) is 15.5 Å². The fourth-order valence-corrected chi connectivity index (χ4v) is 3.43. The number of amides is 2. The van der Waals surface area contributed by atoms with Crippen LogP contribution >= 0.6 is 0 Å². The van der Waals surface area contributed by atoms with Crippen molar-refractivity contribution in [2.75, 3.05) is 51.4 Å².